The third kappa shape index (κ3) is 3.26. The summed E-state index contributed by atoms with van der Waals surface area (Å²) in [7, 11) is 2.15. The predicted molar refractivity (Wildman–Crippen MR) is 69.7 cm³/mol. The largest absolute Gasteiger partial charge is 0.444 e. The summed E-state index contributed by atoms with van der Waals surface area (Å²) in [4.78, 5) is 16.2. The maximum atomic E-state index is 11.9. The Morgan fingerprint density at radius 2 is 1.82 bits per heavy atom. The first kappa shape index (κ1) is 14.6. The summed E-state index contributed by atoms with van der Waals surface area (Å²) in [6.07, 6.45) is 2.26. The third-order valence-corrected chi connectivity index (χ3v) is 3.48. The first-order valence-corrected chi connectivity index (χ1v) is 6.02. The van der Waals surface area contributed by atoms with Crippen molar-refractivity contribution in [3.63, 3.8) is 0 Å². The maximum Gasteiger partial charge on any atom is 0.410 e. The number of amides is 1. The second-order valence-electron chi connectivity index (χ2n) is 6.05. The van der Waals surface area contributed by atoms with Gasteiger partial charge in [-0.15, -0.1) is 12.4 Å². The fraction of sp³-hybridized carbons (Fsp3) is 0.917. The fourth-order valence-electron chi connectivity index (χ4n) is 2.23. The molecule has 5 heteroatoms. The van der Waals surface area contributed by atoms with Gasteiger partial charge in [0.05, 0.1) is 0 Å². The topological polar surface area (TPSA) is 32.8 Å². The maximum absolute atomic E-state index is 11.9. The zero-order chi connectivity index (χ0) is 12.0. The van der Waals surface area contributed by atoms with Crippen LogP contribution in [-0.4, -0.2) is 53.7 Å². The van der Waals surface area contributed by atoms with Gasteiger partial charge in [0.15, 0.2) is 0 Å². The molecule has 1 aliphatic heterocycles. The lowest BCUT2D eigenvalue weighted by Gasteiger charge is -2.40. The van der Waals surface area contributed by atoms with Crippen molar-refractivity contribution in [2.45, 2.75) is 44.8 Å². The summed E-state index contributed by atoms with van der Waals surface area (Å²) in [5.41, 5.74) is -0.119. The van der Waals surface area contributed by atoms with Crippen LogP contribution in [0.25, 0.3) is 0 Å². The zero-order valence-corrected chi connectivity index (χ0v) is 12.0. The first-order chi connectivity index (χ1) is 7.32. The van der Waals surface area contributed by atoms with Gasteiger partial charge in [0.25, 0.3) is 0 Å². The summed E-state index contributed by atoms with van der Waals surface area (Å²) in [5, 5.41) is 0. The quantitative estimate of drug-likeness (QED) is 0.670. The van der Waals surface area contributed by atoms with Crippen molar-refractivity contribution in [2.75, 3.05) is 26.7 Å². The van der Waals surface area contributed by atoms with Crippen molar-refractivity contribution >= 4 is 18.5 Å². The standard InChI is InChI=1S/C12H22N2O2.ClH/c1-11(2,3)16-10(15)14-8-7-13(4)12(9-14)5-6-12;/h5-9H2,1-4H3;1H. The van der Waals surface area contributed by atoms with E-state index in [2.05, 4.69) is 11.9 Å². The number of halogens is 1. The van der Waals surface area contributed by atoms with E-state index >= 15 is 0 Å². The molecule has 1 amide bonds. The van der Waals surface area contributed by atoms with Crippen molar-refractivity contribution in [3.05, 3.63) is 0 Å². The van der Waals surface area contributed by atoms with Gasteiger partial charge in [-0.2, -0.15) is 0 Å². The highest BCUT2D eigenvalue weighted by atomic mass is 35.5. The van der Waals surface area contributed by atoms with Crippen LogP contribution in [0.2, 0.25) is 0 Å². The molecule has 0 N–H and O–H groups in total. The van der Waals surface area contributed by atoms with Crippen molar-refractivity contribution < 1.29 is 9.53 Å². The van der Waals surface area contributed by atoms with Gasteiger partial charge in [0.2, 0.25) is 0 Å². The molecule has 17 heavy (non-hydrogen) atoms. The lowest BCUT2D eigenvalue weighted by molar-refractivity contribution is 0.00406. The molecule has 1 saturated heterocycles. The summed E-state index contributed by atoms with van der Waals surface area (Å²) in [6, 6.07) is 0. The fourth-order valence-corrected chi connectivity index (χ4v) is 2.23. The number of likely N-dealkylation sites (N-methyl/N-ethyl adjacent to an activating group) is 1. The molecule has 4 nitrogen and oxygen atoms in total. The molecule has 0 unspecified atom stereocenters. The first-order valence-electron chi connectivity index (χ1n) is 6.02. The number of hydrogen-bond donors (Lipinski definition) is 0. The minimum Gasteiger partial charge on any atom is -0.444 e. The second kappa shape index (κ2) is 4.65. The SMILES string of the molecule is CN1CCN(C(=O)OC(C)(C)C)CC12CC2.Cl. The molecule has 1 saturated carbocycles. The number of ether oxygens (including phenoxy) is 1. The van der Waals surface area contributed by atoms with Crippen LogP contribution >= 0.6 is 12.4 Å². The summed E-state index contributed by atoms with van der Waals surface area (Å²) < 4.78 is 5.40. The zero-order valence-electron chi connectivity index (χ0n) is 11.2. The van der Waals surface area contributed by atoms with Gasteiger partial charge in [-0.3, -0.25) is 4.90 Å². The highest BCUT2D eigenvalue weighted by molar-refractivity contribution is 5.85. The van der Waals surface area contributed by atoms with E-state index in [0.717, 1.165) is 19.6 Å². The number of piperazine rings is 1. The number of nitrogens with zero attached hydrogens (tertiary/aromatic N) is 2. The molecular formula is C12H23ClN2O2. The van der Waals surface area contributed by atoms with E-state index in [9.17, 15) is 4.79 Å². The van der Waals surface area contributed by atoms with Crippen LogP contribution in [0.3, 0.4) is 0 Å². The van der Waals surface area contributed by atoms with E-state index in [1.165, 1.54) is 12.8 Å². The number of hydrogen-bond acceptors (Lipinski definition) is 3. The molecule has 0 aromatic heterocycles. The van der Waals surface area contributed by atoms with Crippen LogP contribution in [0, 0.1) is 0 Å². The Morgan fingerprint density at radius 1 is 1.24 bits per heavy atom. The average Bonchev–Trinajstić information content (AvgIpc) is 2.88. The predicted octanol–water partition coefficient (Wildman–Crippen LogP) is 2.12. The summed E-state index contributed by atoms with van der Waals surface area (Å²) in [5.74, 6) is 0. The van der Waals surface area contributed by atoms with Gasteiger partial charge in [-0.1, -0.05) is 0 Å². The van der Waals surface area contributed by atoms with Crippen molar-refractivity contribution in [1.29, 1.82) is 0 Å². The average molecular weight is 263 g/mol. The Kier molecular flexibility index (Phi) is 3.99. The lowest BCUT2D eigenvalue weighted by Crippen LogP contribution is -2.55. The van der Waals surface area contributed by atoms with Crippen LogP contribution < -0.4 is 0 Å². The Hall–Kier alpha value is -0.480. The van der Waals surface area contributed by atoms with Gasteiger partial charge in [-0.05, 0) is 40.7 Å². The van der Waals surface area contributed by atoms with E-state index in [1.807, 2.05) is 25.7 Å². The molecule has 0 aromatic carbocycles. The number of carbonyl (C=O) groups excluding carboxylic acids is 1. The number of rotatable bonds is 0. The molecule has 1 spiro atoms. The van der Waals surface area contributed by atoms with E-state index in [1.54, 1.807) is 0 Å². The Balaban J connectivity index is 0.00000144. The van der Waals surface area contributed by atoms with Crippen LogP contribution in [0.5, 0.6) is 0 Å². The van der Waals surface area contributed by atoms with E-state index in [0.29, 0.717) is 0 Å². The monoisotopic (exact) mass is 262 g/mol. The van der Waals surface area contributed by atoms with Crippen molar-refractivity contribution in [3.8, 4) is 0 Å². The molecule has 0 radical (unpaired) electrons. The van der Waals surface area contributed by atoms with Gasteiger partial charge in [0.1, 0.15) is 5.60 Å². The Bertz CT molecular complexity index is 297. The van der Waals surface area contributed by atoms with Gasteiger partial charge < -0.3 is 9.64 Å². The molecule has 2 rings (SSSR count). The van der Waals surface area contributed by atoms with Gasteiger partial charge in [-0.25, -0.2) is 4.79 Å². The molecule has 2 fully saturated rings. The molecule has 100 valence electrons. The number of carbonyl (C=O) groups is 1. The molecule has 0 aromatic rings. The smallest absolute Gasteiger partial charge is 0.410 e. The van der Waals surface area contributed by atoms with Crippen LogP contribution in [-0.2, 0) is 4.74 Å². The highest BCUT2D eigenvalue weighted by Gasteiger charge is 2.50. The molecule has 1 heterocycles. The highest BCUT2D eigenvalue weighted by Crippen LogP contribution is 2.43. The van der Waals surface area contributed by atoms with Crippen molar-refractivity contribution in [2.24, 2.45) is 0 Å². The molecule has 0 bridgehead atoms. The van der Waals surface area contributed by atoms with E-state index in [4.69, 9.17) is 4.74 Å². The third-order valence-electron chi connectivity index (χ3n) is 3.48. The summed E-state index contributed by atoms with van der Waals surface area (Å²) >= 11 is 0. The van der Waals surface area contributed by atoms with Crippen molar-refractivity contribution in [1.82, 2.24) is 9.80 Å². The van der Waals surface area contributed by atoms with Crippen LogP contribution in [0.4, 0.5) is 4.79 Å². The van der Waals surface area contributed by atoms with E-state index < -0.39 is 5.60 Å². The minimum atomic E-state index is -0.392. The normalized spacial score (nSPS) is 23.2. The minimum absolute atomic E-state index is 0. The summed E-state index contributed by atoms with van der Waals surface area (Å²) in [6.45, 7) is 8.31. The van der Waals surface area contributed by atoms with Gasteiger partial charge in [0, 0.05) is 25.2 Å². The second-order valence-corrected chi connectivity index (χ2v) is 6.05. The Morgan fingerprint density at radius 3 is 2.29 bits per heavy atom. The molecule has 1 aliphatic carbocycles. The molecule has 0 atom stereocenters. The Labute approximate surface area is 110 Å². The molecular weight excluding hydrogens is 240 g/mol. The lowest BCUT2D eigenvalue weighted by atomic mass is 10.1. The molecule has 2 aliphatic rings. The van der Waals surface area contributed by atoms with Crippen LogP contribution in [0.1, 0.15) is 33.6 Å². The van der Waals surface area contributed by atoms with E-state index in [-0.39, 0.29) is 24.0 Å². The van der Waals surface area contributed by atoms with Gasteiger partial charge >= 0.3 is 6.09 Å². The van der Waals surface area contributed by atoms with Crippen LogP contribution in [0.15, 0.2) is 0 Å².